The lowest BCUT2D eigenvalue weighted by Crippen LogP contribution is -2.53. The normalized spacial score (nSPS) is 31.2. The van der Waals surface area contributed by atoms with E-state index in [9.17, 15) is 19.5 Å². The summed E-state index contributed by atoms with van der Waals surface area (Å²) in [6.07, 6.45) is 0.773. The van der Waals surface area contributed by atoms with Crippen LogP contribution in [0.1, 0.15) is 12.8 Å². The van der Waals surface area contributed by atoms with Crippen molar-refractivity contribution in [1.29, 1.82) is 0 Å². The number of anilines is 1. The zero-order valence-electron chi connectivity index (χ0n) is 17.2. The van der Waals surface area contributed by atoms with E-state index < -0.39 is 23.5 Å². The zero-order valence-corrected chi connectivity index (χ0v) is 17.2. The summed E-state index contributed by atoms with van der Waals surface area (Å²) in [5.74, 6) is -2.25. The Morgan fingerprint density at radius 1 is 1.19 bits per heavy atom. The third kappa shape index (κ3) is 2.85. The van der Waals surface area contributed by atoms with Gasteiger partial charge in [0.2, 0.25) is 17.7 Å². The van der Waals surface area contributed by atoms with Crippen LogP contribution in [0.3, 0.4) is 0 Å². The highest BCUT2D eigenvalue weighted by atomic mass is 16.5. The summed E-state index contributed by atoms with van der Waals surface area (Å²) in [5, 5.41) is 17.2. The van der Waals surface area contributed by atoms with Crippen molar-refractivity contribution in [2.75, 3.05) is 25.5 Å². The first-order chi connectivity index (χ1) is 15.0. The monoisotopic (exact) mass is 423 g/mol. The Hall–Kier alpha value is -2.97. The molecule has 3 amide bonds. The number of nitrogens with one attached hydrogen (secondary N) is 2. The molecule has 8 heteroatoms. The number of β-amino-alcohol motifs (C(OH)–C–C–N with tert-alkyl or cyclic N) is 1. The molecule has 3 aliphatic heterocycles. The van der Waals surface area contributed by atoms with Crippen LogP contribution in [0.4, 0.5) is 5.69 Å². The second-order valence-electron chi connectivity index (χ2n) is 8.48. The molecule has 31 heavy (non-hydrogen) atoms. The number of carbonyl (C=O) groups excluding carboxylic acids is 3. The fourth-order valence-electron chi connectivity index (χ4n) is 5.75. The van der Waals surface area contributed by atoms with Crippen molar-refractivity contribution in [3.05, 3.63) is 42.5 Å². The lowest BCUT2D eigenvalue weighted by atomic mass is 9.70. The van der Waals surface area contributed by atoms with Gasteiger partial charge in [0.05, 0.1) is 24.5 Å². The van der Waals surface area contributed by atoms with Crippen LogP contribution >= 0.6 is 0 Å². The molecule has 5 atom stereocenters. The molecule has 0 aliphatic carbocycles. The molecule has 3 aliphatic rings. The summed E-state index contributed by atoms with van der Waals surface area (Å²) < 4.78 is 6.24. The molecular formula is C23H25N3O5. The largest absolute Gasteiger partial charge is 0.395 e. The highest BCUT2D eigenvalue weighted by Gasteiger charge is 2.74. The predicted octanol–water partition coefficient (Wildman–Crippen LogP) is 0.891. The van der Waals surface area contributed by atoms with Gasteiger partial charge >= 0.3 is 0 Å². The van der Waals surface area contributed by atoms with Crippen LogP contribution in [0, 0.1) is 11.8 Å². The van der Waals surface area contributed by atoms with Crippen LogP contribution < -0.4 is 10.6 Å². The first-order valence-corrected chi connectivity index (χ1v) is 10.6. The molecule has 162 valence electrons. The van der Waals surface area contributed by atoms with Crippen LogP contribution in [-0.4, -0.2) is 65.7 Å². The molecule has 3 fully saturated rings. The molecule has 3 saturated heterocycles. The number of hydrogen-bond donors (Lipinski definition) is 3. The number of ether oxygens (including phenoxy) is 1. The van der Waals surface area contributed by atoms with Crippen LogP contribution in [-0.2, 0) is 19.1 Å². The maximum Gasteiger partial charge on any atom is 0.250 e. The van der Waals surface area contributed by atoms with Crippen LogP contribution in [0.2, 0.25) is 0 Å². The molecule has 1 spiro atoms. The number of aliphatic hydroxyl groups excluding tert-OH is 1. The summed E-state index contributed by atoms with van der Waals surface area (Å²) in [4.78, 5) is 40.7. The number of rotatable bonds is 5. The minimum atomic E-state index is -1.05. The molecule has 8 nitrogen and oxygen atoms in total. The summed E-state index contributed by atoms with van der Waals surface area (Å²) in [6.45, 7) is -0.260. The number of nitrogens with zero attached hydrogens (tertiary/aromatic N) is 1. The highest BCUT2D eigenvalue weighted by molar-refractivity contribution is 6.04. The molecule has 5 rings (SSSR count). The lowest BCUT2D eigenvalue weighted by Gasteiger charge is -2.33. The van der Waals surface area contributed by atoms with Crippen LogP contribution in [0.15, 0.2) is 42.5 Å². The molecule has 0 radical (unpaired) electrons. The number of carbonyl (C=O) groups is 3. The lowest BCUT2D eigenvalue weighted by molar-refractivity contribution is -0.141. The molecule has 3 heterocycles. The number of hydrogen-bond acceptors (Lipinski definition) is 5. The van der Waals surface area contributed by atoms with Gasteiger partial charge in [0.1, 0.15) is 11.6 Å². The first kappa shape index (κ1) is 20.0. The molecular weight excluding hydrogens is 398 g/mol. The topological polar surface area (TPSA) is 108 Å². The van der Waals surface area contributed by atoms with Crippen molar-refractivity contribution < 1.29 is 24.2 Å². The maximum absolute atomic E-state index is 13.5. The Labute approximate surface area is 179 Å². The van der Waals surface area contributed by atoms with E-state index in [-0.39, 0.29) is 37.0 Å². The minimum absolute atomic E-state index is 0.0153. The number of fused-ring (bicyclic) bond motifs is 2. The van der Waals surface area contributed by atoms with E-state index in [0.717, 1.165) is 10.8 Å². The Kier molecular flexibility index (Phi) is 4.71. The Morgan fingerprint density at radius 3 is 2.71 bits per heavy atom. The van der Waals surface area contributed by atoms with Crippen LogP contribution in [0.25, 0.3) is 10.8 Å². The molecule has 0 saturated carbocycles. The molecule has 2 aromatic carbocycles. The highest BCUT2D eigenvalue weighted by Crippen LogP contribution is 2.58. The van der Waals surface area contributed by atoms with Gasteiger partial charge in [-0.25, -0.2) is 0 Å². The van der Waals surface area contributed by atoms with E-state index in [1.54, 1.807) is 0 Å². The van der Waals surface area contributed by atoms with Crippen molar-refractivity contribution in [1.82, 2.24) is 10.2 Å². The van der Waals surface area contributed by atoms with Crippen molar-refractivity contribution >= 4 is 34.2 Å². The predicted molar refractivity (Wildman–Crippen MR) is 113 cm³/mol. The van der Waals surface area contributed by atoms with Gasteiger partial charge in [0.15, 0.2) is 0 Å². The van der Waals surface area contributed by atoms with E-state index in [4.69, 9.17) is 4.74 Å². The molecule has 2 aromatic rings. The third-order valence-corrected chi connectivity index (χ3v) is 6.96. The van der Waals surface area contributed by atoms with Gasteiger partial charge in [0.25, 0.3) is 0 Å². The number of benzene rings is 2. The zero-order chi connectivity index (χ0) is 21.8. The number of amides is 3. The van der Waals surface area contributed by atoms with E-state index >= 15 is 0 Å². The van der Waals surface area contributed by atoms with Crippen molar-refractivity contribution in [3.8, 4) is 0 Å². The first-order valence-electron chi connectivity index (χ1n) is 10.6. The summed E-state index contributed by atoms with van der Waals surface area (Å²) in [5.41, 5.74) is -0.426. The van der Waals surface area contributed by atoms with Gasteiger partial charge in [0, 0.05) is 19.3 Å². The van der Waals surface area contributed by atoms with Gasteiger partial charge < -0.3 is 25.4 Å². The molecule has 2 bridgehead atoms. The number of likely N-dealkylation sites (tertiary alicyclic amines) is 1. The fourth-order valence-corrected chi connectivity index (χ4v) is 5.75. The van der Waals surface area contributed by atoms with Gasteiger partial charge in [-0.3, -0.25) is 14.4 Å². The van der Waals surface area contributed by atoms with Crippen LogP contribution in [0.5, 0.6) is 0 Å². The quantitative estimate of drug-likeness (QED) is 0.662. The second kappa shape index (κ2) is 7.32. The van der Waals surface area contributed by atoms with Gasteiger partial charge in [-0.1, -0.05) is 30.3 Å². The molecule has 3 N–H and O–H groups in total. The second-order valence-corrected chi connectivity index (χ2v) is 8.48. The number of aliphatic hydroxyl groups is 1. The SMILES string of the molecule is CNC(=O)[C@@H]1[C@H]2C(=O)N(CCO)C(C(=O)Nc3ccc4ccccc4c3)C23CC[C@H]1O3. The minimum Gasteiger partial charge on any atom is -0.395 e. The van der Waals surface area contributed by atoms with Gasteiger partial charge in [-0.2, -0.15) is 0 Å². The average Bonchev–Trinajstić information content (AvgIpc) is 3.41. The maximum atomic E-state index is 13.5. The smallest absolute Gasteiger partial charge is 0.250 e. The summed E-state index contributed by atoms with van der Waals surface area (Å²) >= 11 is 0. The van der Waals surface area contributed by atoms with Crippen molar-refractivity contribution in [2.45, 2.75) is 30.6 Å². The summed E-state index contributed by atoms with van der Waals surface area (Å²) in [7, 11) is 1.54. The standard InChI is InChI=1S/C23H25N3O5/c1-24-20(28)17-16-8-9-23(31-16)18(17)22(30)26(10-11-27)19(23)21(29)25-15-7-6-13-4-2-3-5-14(13)12-15/h2-7,12,16-19,27H,8-11H2,1H3,(H,24,28)(H,25,29)/t16-,17+,18+,19?,23?/m1/s1. The third-order valence-electron chi connectivity index (χ3n) is 6.96. The van der Waals surface area contributed by atoms with E-state index in [1.165, 1.54) is 11.9 Å². The fraction of sp³-hybridized carbons (Fsp3) is 0.435. The molecule has 2 unspecified atom stereocenters. The summed E-state index contributed by atoms with van der Waals surface area (Å²) in [6, 6.07) is 12.6. The van der Waals surface area contributed by atoms with E-state index in [0.29, 0.717) is 18.5 Å². The Bertz CT molecular complexity index is 1070. The Morgan fingerprint density at radius 2 is 1.97 bits per heavy atom. The van der Waals surface area contributed by atoms with Crippen molar-refractivity contribution in [2.24, 2.45) is 11.8 Å². The van der Waals surface area contributed by atoms with E-state index in [1.807, 2.05) is 42.5 Å². The van der Waals surface area contributed by atoms with E-state index in [2.05, 4.69) is 10.6 Å². The Balaban J connectivity index is 1.49. The molecule has 0 aromatic heterocycles. The van der Waals surface area contributed by atoms with Gasteiger partial charge in [-0.15, -0.1) is 0 Å². The van der Waals surface area contributed by atoms with Gasteiger partial charge in [-0.05, 0) is 35.7 Å². The average molecular weight is 423 g/mol. The van der Waals surface area contributed by atoms with Crippen molar-refractivity contribution in [3.63, 3.8) is 0 Å².